The molecule has 0 saturated carbocycles. The summed E-state index contributed by atoms with van der Waals surface area (Å²) >= 11 is 1.43. The molecule has 1 atom stereocenters. The van der Waals surface area contributed by atoms with Crippen molar-refractivity contribution in [2.45, 2.75) is 32.3 Å². The van der Waals surface area contributed by atoms with Crippen molar-refractivity contribution in [1.29, 1.82) is 0 Å². The van der Waals surface area contributed by atoms with Crippen LogP contribution in [0.4, 0.5) is 4.79 Å². The predicted octanol–water partition coefficient (Wildman–Crippen LogP) is 1.09. The number of ether oxygens (including phenoxy) is 1. The van der Waals surface area contributed by atoms with Gasteiger partial charge in [-0.15, -0.1) is 11.3 Å². The number of carbonyl (C=O) groups excluding carboxylic acids is 2. The molecule has 2 aliphatic rings. The fourth-order valence-electron chi connectivity index (χ4n) is 3.49. The number of alkyl carbamates (subject to hydrolysis) is 1. The highest BCUT2D eigenvalue weighted by molar-refractivity contribution is 7.17. The average molecular weight is 362 g/mol. The summed E-state index contributed by atoms with van der Waals surface area (Å²) in [4.78, 5) is 44.6. The van der Waals surface area contributed by atoms with E-state index in [9.17, 15) is 14.4 Å². The second-order valence-corrected chi connectivity index (χ2v) is 7.78. The van der Waals surface area contributed by atoms with Crippen LogP contribution in [0.15, 0.2) is 11.0 Å². The van der Waals surface area contributed by atoms with Crippen molar-refractivity contribution in [2.24, 2.45) is 0 Å². The Bertz CT molecular complexity index is 949. The molecule has 0 aromatic carbocycles. The molecular formula is C16H18N4O4S. The maximum atomic E-state index is 12.9. The molecule has 2 aromatic rings. The molecule has 1 unspecified atom stereocenters. The van der Waals surface area contributed by atoms with E-state index >= 15 is 0 Å². The maximum Gasteiger partial charge on any atom is 0.407 e. The summed E-state index contributed by atoms with van der Waals surface area (Å²) in [5.41, 5.74) is -0.185. The zero-order valence-corrected chi connectivity index (χ0v) is 14.8. The lowest BCUT2D eigenvalue weighted by molar-refractivity contribution is -0.00512. The number of nitrogens with zero attached hydrogens (tertiary/aromatic N) is 3. The second kappa shape index (κ2) is 5.55. The van der Waals surface area contributed by atoms with Crippen LogP contribution in [-0.2, 0) is 4.74 Å². The van der Waals surface area contributed by atoms with E-state index < -0.39 is 11.7 Å². The summed E-state index contributed by atoms with van der Waals surface area (Å²) in [6, 6.07) is 0. The number of hydrogen-bond donors (Lipinski definition) is 1. The Morgan fingerprint density at radius 2 is 2.20 bits per heavy atom. The van der Waals surface area contributed by atoms with Gasteiger partial charge in [-0.1, -0.05) is 0 Å². The molecule has 8 nitrogen and oxygen atoms in total. The number of nitrogens with one attached hydrogen (secondary N) is 1. The third kappa shape index (κ3) is 2.50. The quantitative estimate of drug-likeness (QED) is 0.820. The number of hydrogen-bond acceptors (Lipinski definition) is 6. The first-order valence-corrected chi connectivity index (χ1v) is 8.96. The number of likely N-dealkylation sites (tertiary alicyclic amines) is 1. The van der Waals surface area contributed by atoms with Gasteiger partial charge in [0.15, 0.2) is 4.96 Å². The normalized spacial score (nSPS) is 23.1. The summed E-state index contributed by atoms with van der Waals surface area (Å²) in [6.45, 7) is 4.96. The smallest absolute Gasteiger partial charge is 0.407 e. The van der Waals surface area contributed by atoms with Gasteiger partial charge in [-0.25, -0.2) is 9.78 Å². The lowest BCUT2D eigenvalue weighted by Crippen LogP contribution is -2.53. The Kier molecular flexibility index (Phi) is 3.57. The van der Waals surface area contributed by atoms with Gasteiger partial charge < -0.3 is 15.0 Å². The minimum atomic E-state index is -0.687. The minimum absolute atomic E-state index is 0.0488. The topological polar surface area (TPSA) is 93.0 Å². The van der Waals surface area contributed by atoms with Gasteiger partial charge in [-0.05, 0) is 26.7 Å². The summed E-state index contributed by atoms with van der Waals surface area (Å²) in [5, 5.41) is 2.65. The second-order valence-electron chi connectivity index (χ2n) is 6.60. The average Bonchev–Trinajstić information content (AvgIpc) is 3.08. The van der Waals surface area contributed by atoms with Gasteiger partial charge in [0.05, 0.1) is 13.1 Å². The fraction of sp³-hybridized carbons (Fsp3) is 0.500. The maximum absolute atomic E-state index is 12.9. The van der Waals surface area contributed by atoms with Crippen molar-refractivity contribution in [3.8, 4) is 0 Å². The Morgan fingerprint density at radius 3 is 2.92 bits per heavy atom. The third-order valence-corrected chi connectivity index (χ3v) is 6.01. The molecule has 0 radical (unpaired) electrons. The number of carbonyl (C=O) groups is 2. The molecule has 2 fully saturated rings. The minimum Gasteiger partial charge on any atom is -0.439 e. The Morgan fingerprint density at radius 1 is 1.40 bits per heavy atom. The molecule has 2 aromatic heterocycles. The number of rotatable bonds is 1. The molecule has 4 heterocycles. The molecule has 0 bridgehead atoms. The van der Waals surface area contributed by atoms with E-state index in [-0.39, 0.29) is 23.6 Å². The SMILES string of the molecule is Cc1sc2ncc(C(=O)N3CCCC4(CNC(=O)O4)C3)c(=O)n2c1C. The third-order valence-electron chi connectivity index (χ3n) is 4.94. The highest BCUT2D eigenvalue weighted by atomic mass is 32.1. The number of fused-ring (bicyclic) bond motifs is 1. The van der Waals surface area contributed by atoms with Crippen molar-refractivity contribution in [2.75, 3.05) is 19.6 Å². The van der Waals surface area contributed by atoms with E-state index in [4.69, 9.17) is 4.74 Å². The van der Waals surface area contributed by atoms with Crippen LogP contribution in [0.1, 0.15) is 33.8 Å². The van der Waals surface area contributed by atoms with E-state index in [0.717, 1.165) is 10.6 Å². The summed E-state index contributed by atoms with van der Waals surface area (Å²) in [7, 11) is 0. The van der Waals surface area contributed by atoms with Crippen molar-refractivity contribution >= 4 is 28.3 Å². The van der Waals surface area contributed by atoms with Gasteiger partial charge in [0.1, 0.15) is 11.2 Å². The van der Waals surface area contributed by atoms with Gasteiger partial charge >= 0.3 is 6.09 Å². The van der Waals surface area contributed by atoms with Gasteiger partial charge in [-0.3, -0.25) is 14.0 Å². The molecule has 1 N–H and O–H groups in total. The molecule has 2 saturated heterocycles. The number of thiazole rings is 1. The highest BCUT2D eigenvalue weighted by Crippen LogP contribution is 2.28. The van der Waals surface area contributed by atoms with Gasteiger partial charge in [0.25, 0.3) is 11.5 Å². The Labute approximate surface area is 147 Å². The first-order chi connectivity index (χ1) is 11.9. The Hall–Kier alpha value is -2.42. The van der Waals surface area contributed by atoms with E-state index in [1.807, 2.05) is 13.8 Å². The largest absolute Gasteiger partial charge is 0.439 e. The van der Waals surface area contributed by atoms with Crippen molar-refractivity contribution in [3.63, 3.8) is 0 Å². The Balaban J connectivity index is 1.68. The molecule has 1 spiro atoms. The molecule has 9 heteroatoms. The monoisotopic (exact) mass is 362 g/mol. The van der Waals surface area contributed by atoms with Crippen molar-refractivity contribution < 1.29 is 14.3 Å². The number of aromatic nitrogens is 2. The zero-order chi connectivity index (χ0) is 17.8. The first kappa shape index (κ1) is 16.1. The predicted molar refractivity (Wildman–Crippen MR) is 91.2 cm³/mol. The van der Waals surface area contributed by atoms with E-state index in [1.54, 1.807) is 4.90 Å². The first-order valence-electron chi connectivity index (χ1n) is 8.14. The van der Waals surface area contributed by atoms with Crippen LogP contribution in [0.5, 0.6) is 0 Å². The summed E-state index contributed by atoms with van der Waals surface area (Å²) in [5.74, 6) is -0.364. The highest BCUT2D eigenvalue weighted by Gasteiger charge is 2.45. The van der Waals surface area contributed by atoms with Crippen LogP contribution < -0.4 is 10.9 Å². The van der Waals surface area contributed by atoms with Crippen LogP contribution in [0, 0.1) is 13.8 Å². The summed E-state index contributed by atoms with van der Waals surface area (Å²) < 4.78 is 6.88. The van der Waals surface area contributed by atoms with E-state index in [2.05, 4.69) is 10.3 Å². The van der Waals surface area contributed by atoms with Crippen LogP contribution in [-0.4, -0.2) is 51.5 Å². The lowest BCUT2D eigenvalue weighted by atomic mass is 9.92. The zero-order valence-electron chi connectivity index (χ0n) is 14.0. The standard InChI is InChI=1S/C16H18N4O4S/c1-9-10(2)25-14-17-6-11(13(22)20(9)14)12(21)19-5-3-4-16(8-19)7-18-15(23)24-16/h6H,3-5,7-8H2,1-2H3,(H,18,23). The van der Waals surface area contributed by atoms with E-state index in [1.165, 1.54) is 21.9 Å². The number of aryl methyl sites for hydroxylation is 2. The number of piperidine rings is 1. The van der Waals surface area contributed by atoms with Gasteiger partial charge in [0.2, 0.25) is 0 Å². The van der Waals surface area contributed by atoms with Crippen LogP contribution in [0.25, 0.3) is 4.96 Å². The summed E-state index contributed by atoms with van der Waals surface area (Å²) in [6.07, 6.45) is 2.32. The van der Waals surface area contributed by atoms with Crippen LogP contribution in [0.3, 0.4) is 0 Å². The van der Waals surface area contributed by atoms with Crippen molar-refractivity contribution in [1.82, 2.24) is 19.6 Å². The van der Waals surface area contributed by atoms with Gasteiger partial charge in [0, 0.05) is 23.3 Å². The molecular weight excluding hydrogens is 344 g/mol. The molecule has 132 valence electrons. The fourth-order valence-corrected chi connectivity index (χ4v) is 4.42. The number of amides is 2. The van der Waals surface area contributed by atoms with Gasteiger partial charge in [-0.2, -0.15) is 0 Å². The van der Waals surface area contributed by atoms with Crippen LogP contribution in [0.2, 0.25) is 0 Å². The molecule has 2 amide bonds. The molecule has 2 aliphatic heterocycles. The molecule has 0 aliphatic carbocycles. The van der Waals surface area contributed by atoms with E-state index in [0.29, 0.717) is 30.9 Å². The lowest BCUT2D eigenvalue weighted by Gasteiger charge is -2.38. The van der Waals surface area contributed by atoms with Crippen LogP contribution >= 0.6 is 11.3 Å². The molecule has 4 rings (SSSR count). The van der Waals surface area contributed by atoms with Crippen molar-refractivity contribution in [3.05, 3.63) is 32.7 Å². The molecule has 25 heavy (non-hydrogen) atoms.